The second-order valence-electron chi connectivity index (χ2n) is 1.72. The van der Waals surface area contributed by atoms with Crippen LogP contribution in [0.2, 0.25) is 0 Å². The molecule has 4 nitrogen and oxygen atoms in total. The average Bonchev–Trinajstić information content (AvgIpc) is 2.20. The molecular formula is C8H19Cl3O4. The Hall–Kier alpha value is 0.260. The Balaban J connectivity index is -0.0000000562. The molecule has 0 aromatic heterocycles. The van der Waals surface area contributed by atoms with E-state index < -0.39 is 10.3 Å². The van der Waals surface area contributed by atoms with E-state index in [0.717, 1.165) is 13.5 Å². The minimum Gasteiger partial charge on any atom is -0.481 e. The maximum Gasteiger partial charge on any atom is 0.303 e. The van der Waals surface area contributed by atoms with E-state index in [1.807, 2.05) is 6.92 Å². The first-order chi connectivity index (χ1) is 6.92. The minimum absolute atomic E-state index is 0.222. The highest BCUT2D eigenvalue weighted by Gasteiger charge is 1.80. The summed E-state index contributed by atoms with van der Waals surface area (Å²) in [6.45, 7) is 3.85. The van der Waals surface area contributed by atoms with Gasteiger partial charge in [0.1, 0.15) is 0 Å². The molecule has 0 heterocycles. The summed E-state index contributed by atoms with van der Waals surface area (Å²) in [7, 11) is 1.00. The van der Waals surface area contributed by atoms with Crippen LogP contribution in [0, 0.1) is 0 Å². The Bertz CT molecular complexity index is 97.1. The van der Waals surface area contributed by atoms with Gasteiger partial charge >= 0.3 is 5.97 Å². The highest BCUT2D eigenvalue weighted by molar-refractivity contribution is 6.63. The van der Waals surface area contributed by atoms with E-state index in [4.69, 9.17) is 50.1 Å². The smallest absolute Gasteiger partial charge is 0.303 e. The molecule has 0 rings (SSSR count). The van der Waals surface area contributed by atoms with E-state index in [2.05, 4.69) is 0 Å². The molecular weight excluding hydrogens is 266 g/mol. The predicted octanol–water partition coefficient (Wildman–Crippen LogP) is 2.46. The van der Waals surface area contributed by atoms with Gasteiger partial charge in [-0.1, -0.05) is 48.7 Å². The van der Waals surface area contributed by atoms with Crippen molar-refractivity contribution in [2.75, 3.05) is 13.7 Å². The van der Waals surface area contributed by atoms with E-state index in [-0.39, 0.29) is 6.42 Å². The molecule has 0 saturated heterocycles. The molecule has 0 aromatic carbocycles. The fourth-order valence-electron chi connectivity index (χ4n) is 0. The monoisotopic (exact) mass is 284 g/mol. The van der Waals surface area contributed by atoms with Crippen LogP contribution in [0.5, 0.6) is 0 Å². The second kappa shape index (κ2) is 29.2. The molecule has 0 aliphatic heterocycles. The Labute approximate surface area is 106 Å². The minimum atomic E-state index is -0.750. The first-order valence-electron chi connectivity index (χ1n) is 4.11. The molecule has 0 aliphatic carbocycles. The Morgan fingerprint density at radius 1 is 1.20 bits per heavy atom. The fraction of sp³-hybridized carbons (Fsp3) is 0.875. The molecule has 0 unspecified atom stereocenters. The molecule has 0 amide bonds. The van der Waals surface area contributed by atoms with Gasteiger partial charge in [-0.3, -0.25) is 4.79 Å². The van der Waals surface area contributed by atoms with Crippen molar-refractivity contribution in [2.45, 2.75) is 31.0 Å². The van der Waals surface area contributed by atoms with Crippen molar-refractivity contribution >= 4 is 40.8 Å². The van der Waals surface area contributed by atoms with Crippen LogP contribution >= 0.6 is 34.8 Å². The number of carbonyl (C=O) groups is 1. The maximum atomic E-state index is 9.37. The predicted molar refractivity (Wildman–Crippen MR) is 64.8 cm³/mol. The highest BCUT2D eigenvalue weighted by atomic mass is 35.6. The molecule has 3 N–H and O–H groups in total. The first-order valence-corrected chi connectivity index (χ1v) is 5.42. The third kappa shape index (κ3) is 202. The number of alkyl halides is 3. The van der Waals surface area contributed by atoms with Gasteiger partial charge in [0.2, 0.25) is 0 Å². The number of carboxylic acids is 1. The number of hydrogen-bond donors (Lipinski definition) is 3. The van der Waals surface area contributed by atoms with Crippen molar-refractivity contribution in [1.29, 1.82) is 0 Å². The van der Waals surface area contributed by atoms with Crippen LogP contribution < -0.4 is 0 Å². The lowest BCUT2D eigenvalue weighted by molar-refractivity contribution is -0.136. The maximum absolute atomic E-state index is 9.37. The van der Waals surface area contributed by atoms with E-state index in [1.165, 1.54) is 0 Å². The third-order valence-corrected chi connectivity index (χ3v) is 0.526. The zero-order valence-electron chi connectivity index (χ0n) is 9.08. The largest absolute Gasteiger partial charge is 0.481 e. The van der Waals surface area contributed by atoms with Gasteiger partial charge in [0.05, 0.1) is 0 Å². The van der Waals surface area contributed by atoms with E-state index in [1.54, 1.807) is 6.92 Å². The lowest BCUT2D eigenvalue weighted by atomic mass is 10.5. The number of aliphatic carboxylic acids is 1. The van der Waals surface area contributed by atoms with Crippen LogP contribution in [-0.4, -0.2) is 39.3 Å². The zero-order chi connectivity index (χ0) is 13.3. The summed E-state index contributed by atoms with van der Waals surface area (Å²) in [6, 6.07) is 0. The summed E-state index contributed by atoms with van der Waals surface area (Å²) in [5, 5.41) is 22.6. The Morgan fingerprint density at radius 3 is 1.33 bits per heavy atom. The first kappa shape index (κ1) is 24.5. The van der Waals surface area contributed by atoms with Crippen LogP contribution in [0.1, 0.15) is 26.7 Å². The highest BCUT2D eigenvalue weighted by Crippen LogP contribution is 2.03. The van der Waals surface area contributed by atoms with Gasteiger partial charge in [0, 0.05) is 20.1 Å². The van der Waals surface area contributed by atoms with Gasteiger partial charge in [-0.05, 0) is 6.42 Å². The molecule has 0 radical (unpaired) electrons. The summed E-state index contributed by atoms with van der Waals surface area (Å²) in [5.41, 5.74) is 0. The SMILES string of the molecule is CCC(=O)O.CCCO.CO.ClC(Cl)Cl. The van der Waals surface area contributed by atoms with Gasteiger partial charge < -0.3 is 15.3 Å². The molecule has 15 heavy (non-hydrogen) atoms. The summed E-state index contributed by atoms with van der Waals surface area (Å²) in [4.78, 5) is 9.37. The van der Waals surface area contributed by atoms with Gasteiger partial charge in [0.15, 0.2) is 4.30 Å². The molecule has 0 atom stereocenters. The van der Waals surface area contributed by atoms with Crippen LogP contribution in [0.4, 0.5) is 0 Å². The van der Waals surface area contributed by atoms with Crippen molar-refractivity contribution < 1.29 is 20.1 Å². The Morgan fingerprint density at radius 2 is 1.33 bits per heavy atom. The fourth-order valence-corrected chi connectivity index (χ4v) is 0. The standard InChI is InChI=1S/C3H6O2.C3H8O.CHCl3.CH4O/c1-2-3(4)5;1-2-3-4;2-1(3)4;1-2/h2H2,1H3,(H,4,5);4H,2-3H2,1H3;1H;2H,1H3. The van der Waals surface area contributed by atoms with Gasteiger partial charge in [-0.2, -0.15) is 0 Å². The lowest BCUT2D eigenvalue weighted by Crippen LogP contribution is -1.86. The van der Waals surface area contributed by atoms with Crippen LogP contribution in [0.3, 0.4) is 0 Å². The quantitative estimate of drug-likeness (QED) is 0.681. The van der Waals surface area contributed by atoms with Gasteiger partial charge in [0.25, 0.3) is 0 Å². The molecule has 0 saturated carbocycles. The molecule has 0 spiro atoms. The molecule has 0 aromatic rings. The summed E-state index contributed by atoms with van der Waals surface area (Å²) in [5.74, 6) is -0.745. The van der Waals surface area contributed by atoms with E-state index >= 15 is 0 Å². The van der Waals surface area contributed by atoms with Crippen LogP contribution in [0.25, 0.3) is 0 Å². The van der Waals surface area contributed by atoms with E-state index in [0.29, 0.717) is 6.61 Å². The topological polar surface area (TPSA) is 77.8 Å². The summed E-state index contributed by atoms with van der Waals surface area (Å²) >= 11 is 14.4. The second-order valence-corrected chi connectivity index (χ2v) is 3.70. The van der Waals surface area contributed by atoms with Crippen molar-refractivity contribution in [1.82, 2.24) is 0 Å². The van der Waals surface area contributed by atoms with Crippen molar-refractivity contribution in [2.24, 2.45) is 0 Å². The number of halogens is 3. The third-order valence-electron chi connectivity index (χ3n) is 0.526. The van der Waals surface area contributed by atoms with Crippen LogP contribution in [0.15, 0.2) is 0 Å². The molecule has 7 heteroatoms. The lowest BCUT2D eigenvalue weighted by Gasteiger charge is -1.71. The normalized spacial score (nSPS) is 7.27. The van der Waals surface area contributed by atoms with Crippen LogP contribution in [-0.2, 0) is 4.79 Å². The number of aliphatic hydroxyl groups excluding tert-OH is 2. The number of aliphatic hydroxyl groups is 2. The average molecular weight is 286 g/mol. The molecule has 0 aliphatic rings. The summed E-state index contributed by atoms with van der Waals surface area (Å²) in [6.07, 6.45) is 1.10. The number of rotatable bonds is 2. The molecule has 0 fully saturated rings. The number of hydrogen-bond acceptors (Lipinski definition) is 3. The van der Waals surface area contributed by atoms with Crippen molar-refractivity contribution in [3.63, 3.8) is 0 Å². The summed E-state index contributed by atoms with van der Waals surface area (Å²) < 4.78 is -0.750. The number of carboxylic acid groups (broad SMARTS) is 1. The Kier molecular flexibility index (Phi) is 47.7. The van der Waals surface area contributed by atoms with Gasteiger partial charge in [-0.15, -0.1) is 0 Å². The van der Waals surface area contributed by atoms with E-state index in [9.17, 15) is 4.79 Å². The zero-order valence-corrected chi connectivity index (χ0v) is 11.4. The molecule has 96 valence electrons. The van der Waals surface area contributed by atoms with Crippen molar-refractivity contribution in [3.05, 3.63) is 0 Å². The molecule has 0 bridgehead atoms. The van der Waals surface area contributed by atoms with Gasteiger partial charge in [-0.25, -0.2) is 0 Å². The van der Waals surface area contributed by atoms with Crippen molar-refractivity contribution in [3.8, 4) is 0 Å².